The molecular formula is C11H16N4O3. The number of amidine groups is 1. The molecule has 0 saturated heterocycles. The van der Waals surface area contributed by atoms with Crippen LogP contribution in [0.5, 0.6) is 0 Å². The van der Waals surface area contributed by atoms with Crippen LogP contribution in [0.25, 0.3) is 0 Å². The van der Waals surface area contributed by atoms with E-state index >= 15 is 0 Å². The first-order valence-corrected chi connectivity index (χ1v) is 5.43. The van der Waals surface area contributed by atoms with Gasteiger partial charge in [-0.3, -0.25) is 9.59 Å². The van der Waals surface area contributed by atoms with E-state index in [-0.39, 0.29) is 17.1 Å². The Morgan fingerprint density at radius 1 is 1.61 bits per heavy atom. The molecule has 0 fully saturated rings. The summed E-state index contributed by atoms with van der Waals surface area (Å²) in [5.41, 5.74) is 4.31. The van der Waals surface area contributed by atoms with Gasteiger partial charge in [-0.15, -0.1) is 0 Å². The number of nitrogens with one attached hydrogen (secondary N) is 2. The maximum Gasteiger partial charge on any atom is 0.268 e. The molecule has 0 radical (unpaired) electrons. The summed E-state index contributed by atoms with van der Waals surface area (Å²) in [6, 6.07) is 4.25. The molecule has 0 aromatic carbocycles. The van der Waals surface area contributed by atoms with Crippen LogP contribution in [-0.4, -0.2) is 27.5 Å². The van der Waals surface area contributed by atoms with Crippen LogP contribution in [0.4, 0.5) is 0 Å². The molecule has 0 aliphatic carbocycles. The fourth-order valence-electron chi connectivity index (χ4n) is 1.34. The van der Waals surface area contributed by atoms with Gasteiger partial charge in [0.2, 0.25) is 5.56 Å². The molecule has 18 heavy (non-hydrogen) atoms. The van der Waals surface area contributed by atoms with Crippen molar-refractivity contribution in [3.8, 4) is 0 Å². The number of rotatable bonds is 4. The van der Waals surface area contributed by atoms with Crippen LogP contribution < -0.4 is 16.6 Å². The lowest BCUT2D eigenvalue weighted by Crippen LogP contribution is -2.55. The third-order valence-corrected chi connectivity index (χ3v) is 2.78. The summed E-state index contributed by atoms with van der Waals surface area (Å²) in [6.07, 6.45) is 0.436. The Bertz CT molecular complexity index is 523. The van der Waals surface area contributed by atoms with E-state index in [1.165, 1.54) is 18.2 Å². The number of oxime groups is 1. The number of carbonyl (C=O) groups excluding carboxylic acids is 1. The largest absolute Gasteiger partial charge is 0.409 e. The Morgan fingerprint density at radius 3 is 2.78 bits per heavy atom. The van der Waals surface area contributed by atoms with Crippen LogP contribution in [0.15, 0.2) is 28.1 Å². The predicted molar refractivity (Wildman–Crippen MR) is 66.6 cm³/mol. The number of nitrogens with two attached hydrogens (primary N) is 1. The van der Waals surface area contributed by atoms with Gasteiger partial charge in [-0.2, -0.15) is 0 Å². The molecule has 98 valence electrons. The lowest BCUT2D eigenvalue weighted by atomic mass is 9.97. The van der Waals surface area contributed by atoms with Gasteiger partial charge in [-0.1, -0.05) is 18.1 Å². The van der Waals surface area contributed by atoms with Crippen molar-refractivity contribution >= 4 is 11.7 Å². The van der Waals surface area contributed by atoms with E-state index in [1.807, 2.05) is 0 Å². The molecule has 1 atom stereocenters. The molecule has 0 bridgehead atoms. The fourth-order valence-corrected chi connectivity index (χ4v) is 1.34. The number of H-pyrrole nitrogens is 1. The molecule has 0 aliphatic heterocycles. The van der Waals surface area contributed by atoms with E-state index in [2.05, 4.69) is 15.5 Å². The lowest BCUT2D eigenvalue weighted by Gasteiger charge is -2.27. The standard InChI is InChI=1S/C11H16N4O3/c1-3-11(2,10(12)15-18)14-9(17)7-5-4-6-8(16)13-7/h4-6,18H,3H2,1-2H3,(H2,12,15)(H,13,16)(H,14,17). The average Bonchev–Trinajstić information content (AvgIpc) is 2.37. The first kappa shape index (κ1) is 13.8. The van der Waals surface area contributed by atoms with Gasteiger partial charge >= 0.3 is 0 Å². The fraction of sp³-hybridized carbons (Fsp3) is 0.364. The molecule has 1 aromatic heterocycles. The number of amides is 1. The quantitative estimate of drug-likeness (QED) is 0.261. The van der Waals surface area contributed by atoms with Crippen molar-refractivity contribution in [3.05, 3.63) is 34.2 Å². The van der Waals surface area contributed by atoms with E-state index < -0.39 is 11.4 Å². The van der Waals surface area contributed by atoms with Crippen molar-refractivity contribution in [2.45, 2.75) is 25.8 Å². The second kappa shape index (κ2) is 5.35. The van der Waals surface area contributed by atoms with Gasteiger partial charge < -0.3 is 21.2 Å². The summed E-state index contributed by atoms with van der Waals surface area (Å²) in [5.74, 6) is -0.597. The molecule has 1 unspecified atom stereocenters. The SMILES string of the molecule is CCC(C)(NC(=O)c1cccc(=O)[nH]1)/C(N)=N/O. The van der Waals surface area contributed by atoms with Crippen LogP contribution in [0.3, 0.4) is 0 Å². The normalized spacial score (nSPS) is 14.9. The van der Waals surface area contributed by atoms with E-state index in [1.54, 1.807) is 13.8 Å². The molecule has 1 rings (SSSR count). The molecule has 7 heteroatoms. The Hall–Kier alpha value is -2.31. The summed E-state index contributed by atoms with van der Waals surface area (Å²) in [7, 11) is 0. The first-order valence-electron chi connectivity index (χ1n) is 5.43. The van der Waals surface area contributed by atoms with Crippen LogP contribution >= 0.6 is 0 Å². The summed E-state index contributed by atoms with van der Waals surface area (Å²) < 4.78 is 0. The van der Waals surface area contributed by atoms with Gasteiger partial charge in [0, 0.05) is 6.07 Å². The summed E-state index contributed by atoms with van der Waals surface area (Å²) in [6.45, 7) is 3.41. The maximum atomic E-state index is 11.9. The number of carbonyl (C=O) groups is 1. The van der Waals surface area contributed by atoms with Crippen LogP contribution in [-0.2, 0) is 0 Å². The summed E-state index contributed by atoms with van der Waals surface area (Å²) >= 11 is 0. The Kier molecular flexibility index (Phi) is 4.09. The lowest BCUT2D eigenvalue weighted by molar-refractivity contribution is 0.0919. The van der Waals surface area contributed by atoms with Gasteiger partial charge in [0.25, 0.3) is 5.91 Å². The van der Waals surface area contributed by atoms with Crippen molar-refractivity contribution < 1.29 is 10.0 Å². The van der Waals surface area contributed by atoms with E-state index in [0.717, 1.165) is 0 Å². The van der Waals surface area contributed by atoms with Crippen LogP contribution in [0.2, 0.25) is 0 Å². The topological polar surface area (TPSA) is 121 Å². The van der Waals surface area contributed by atoms with Crippen molar-refractivity contribution in [2.75, 3.05) is 0 Å². The molecule has 0 saturated carbocycles. The zero-order chi connectivity index (χ0) is 13.8. The van der Waals surface area contributed by atoms with Crippen LogP contribution in [0, 0.1) is 0 Å². The maximum absolute atomic E-state index is 11.9. The zero-order valence-corrected chi connectivity index (χ0v) is 10.2. The third kappa shape index (κ3) is 2.88. The molecule has 5 N–H and O–H groups in total. The molecule has 0 aliphatic rings. The number of aromatic nitrogens is 1. The van der Waals surface area contributed by atoms with Gasteiger partial charge in [-0.25, -0.2) is 0 Å². The number of nitrogens with zero attached hydrogens (tertiary/aromatic N) is 1. The van der Waals surface area contributed by atoms with Crippen molar-refractivity contribution in [1.82, 2.24) is 10.3 Å². The Morgan fingerprint density at radius 2 is 2.28 bits per heavy atom. The van der Waals surface area contributed by atoms with Crippen LogP contribution in [0.1, 0.15) is 30.8 Å². The summed E-state index contributed by atoms with van der Waals surface area (Å²) in [5, 5.41) is 14.2. The highest BCUT2D eigenvalue weighted by Crippen LogP contribution is 2.10. The van der Waals surface area contributed by atoms with Crippen molar-refractivity contribution in [3.63, 3.8) is 0 Å². The second-order valence-electron chi connectivity index (χ2n) is 4.05. The minimum absolute atomic E-state index is 0.100. The molecule has 7 nitrogen and oxygen atoms in total. The highest BCUT2D eigenvalue weighted by atomic mass is 16.4. The highest BCUT2D eigenvalue weighted by molar-refractivity contribution is 5.98. The van der Waals surface area contributed by atoms with Gasteiger partial charge in [0.15, 0.2) is 5.84 Å². The molecule has 1 aromatic rings. The smallest absolute Gasteiger partial charge is 0.268 e. The molecule has 0 spiro atoms. The molecule has 1 amide bonds. The Labute approximate surface area is 104 Å². The van der Waals surface area contributed by atoms with E-state index in [4.69, 9.17) is 10.9 Å². The zero-order valence-electron chi connectivity index (χ0n) is 10.2. The second-order valence-corrected chi connectivity index (χ2v) is 4.05. The number of aromatic amines is 1. The third-order valence-electron chi connectivity index (χ3n) is 2.78. The molecular weight excluding hydrogens is 236 g/mol. The number of pyridine rings is 1. The minimum Gasteiger partial charge on any atom is -0.409 e. The predicted octanol–water partition coefficient (Wildman–Crippen LogP) is 0.0198. The van der Waals surface area contributed by atoms with Crippen molar-refractivity contribution in [2.24, 2.45) is 10.9 Å². The van der Waals surface area contributed by atoms with E-state index in [9.17, 15) is 9.59 Å². The summed E-state index contributed by atoms with van der Waals surface area (Å²) in [4.78, 5) is 25.4. The van der Waals surface area contributed by atoms with E-state index in [0.29, 0.717) is 6.42 Å². The van der Waals surface area contributed by atoms with Gasteiger partial charge in [-0.05, 0) is 19.4 Å². The molecule has 1 heterocycles. The monoisotopic (exact) mass is 252 g/mol. The number of hydrogen-bond donors (Lipinski definition) is 4. The minimum atomic E-state index is -0.974. The average molecular weight is 252 g/mol. The van der Waals surface area contributed by atoms with Crippen molar-refractivity contribution in [1.29, 1.82) is 0 Å². The number of hydrogen-bond acceptors (Lipinski definition) is 4. The Balaban J connectivity index is 2.97. The van der Waals surface area contributed by atoms with Gasteiger partial charge in [0.05, 0.1) is 5.54 Å². The first-order chi connectivity index (χ1) is 8.42. The highest BCUT2D eigenvalue weighted by Gasteiger charge is 2.30. The van der Waals surface area contributed by atoms with Gasteiger partial charge in [0.1, 0.15) is 5.69 Å².